The van der Waals surface area contributed by atoms with E-state index in [1.165, 1.54) is 0 Å². The molecule has 1 fully saturated rings. The van der Waals surface area contributed by atoms with Crippen LogP contribution in [0.2, 0.25) is 0 Å². The molecule has 1 aliphatic rings. The monoisotopic (exact) mass is 279 g/mol. The van der Waals surface area contributed by atoms with Crippen molar-refractivity contribution in [2.75, 3.05) is 32.8 Å². The number of piperazine rings is 1. The van der Waals surface area contributed by atoms with Crippen LogP contribution in [0.25, 0.3) is 0 Å². The minimum Gasteiger partial charge on any atom is -0.450 e. The number of hydrogen-bond acceptors (Lipinski definition) is 5. The molecule has 1 saturated heterocycles. The van der Waals surface area contributed by atoms with E-state index in [2.05, 4.69) is 11.0 Å². The molecule has 1 aliphatic heterocycles. The van der Waals surface area contributed by atoms with Gasteiger partial charge in [-0.1, -0.05) is 6.07 Å². The number of ether oxygens (including phenoxy) is 1. The largest absolute Gasteiger partial charge is 0.450 e. The number of nitrogens with zero attached hydrogens (tertiary/aromatic N) is 3. The lowest BCUT2D eigenvalue weighted by Gasteiger charge is -2.35. The SMILES string of the molecule is CCOC(=O)N1CCN(C(C#N)c2cccs2)CC1. The van der Waals surface area contributed by atoms with Crippen molar-refractivity contribution in [3.8, 4) is 6.07 Å². The van der Waals surface area contributed by atoms with Gasteiger partial charge in [-0.05, 0) is 18.4 Å². The Bertz CT molecular complexity index is 447. The summed E-state index contributed by atoms with van der Waals surface area (Å²) in [6, 6.07) is 6.08. The molecule has 19 heavy (non-hydrogen) atoms. The summed E-state index contributed by atoms with van der Waals surface area (Å²) in [6.07, 6.45) is -0.258. The van der Waals surface area contributed by atoms with Crippen LogP contribution < -0.4 is 0 Å². The number of rotatable bonds is 3. The molecule has 0 radical (unpaired) electrons. The first-order chi connectivity index (χ1) is 9.26. The molecule has 2 rings (SSSR count). The van der Waals surface area contributed by atoms with Crippen LogP contribution in [0.3, 0.4) is 0 Å². The Morgan fingerprint density at radius 1 is 1.53 bits per heavy atom. The predicted molar refractivity (Wildman–Crippen MR) is 72.8 cm³/mol. The van der Waals surface area contributed by atoms with Gasteiger partial charge in [-0.15, -0.1) is 11.3 Å². The normalized spacial score (nSPS) is 17.8. The molecule has 0 N–H and O–H groups in total. The van der Waals surface area contributed by atoms with E-state index in [0.717, 1.165) is 4.88 Å². The van der Waals surface area contributed by atoms with Crippen LogP contribution in [0.5, 0.6) is 0 Å². The van der Waals surface area contributed by atoms with Crippen LogP contribution >= 0.6 is 11.3 Å². The van der Waals surface area contributed by atoms with Crippen molar-refractivity contribution in [1.29, 1.82) is 5.26 Å². The zero-order valence-electron chi connectivity index (χ0n) is 10.9. The van der Waals surface area contributed by atoms with E-state index in [-0.39, 0.29) is 12.1 Å². The first-order valence-electron chi connectivity index (χ1n) is 6.35. The van der Waals surface area contributed by atoms with Gasteiger partial charge in [-0.3, -0.25) is 4.90 Å². The van der Waals surface area contributed by atoms with Crippen molar-refractivity contribution < 1.29 is 9.53 Å². The summed E-state index contributed by atoms with van der Waals surface area (Å²) in [6.45, 7) is 4.83. The quantitative estimate of drug-likeness (QED) is 0.850. The molecule has 0 bridgehead atoms. The van der Waals surface area contributed by atoms with Gasteiger partial charge in [0.2, 0.25) is 0 Å². The molecule has 1 aromatic heterocycles. The van der Waals surface area contributed by atoms with E-state index in [1.54, 1.807) is 23.2 Å². The lowest BCUT2D eigenvalue weighted by molar-refractivity contribution is 0.0737. The highest BCUT2D eigenvalue weighted by atomic mass is 32.1. The molecule has 0 aliphatic carbocycles. The van der Waals surface area contributed by atoms with Crippen LogP contribution in [0.1, 0.15) is 17.8 Å². The Hall–Kier alpha value is -1.58. The third kappa shape index (κ3) is 3.25. The number of hydrogen-bond donors (Lipinski definition) is 0. The zero-order valence-corrected chi connectivity index (χ0v) is 11.7. The third-order valence-corrected chi connectivity index (χ3v) is 4.07. The highest BCUT2D eigenvalue weighted by molar-refractivity contribution is 7.10. The third-order valence-electron chi connectivity index (χ3n) is 3.14. The maximum Gasteiger partial charge on any atom is 0.409 e. The fraction of sp³-hybridized carbons (Fsp3) is 0.538. The summed E-state index contributed by atoms with van der Waals surface area (Å²) in [7, 11) is 0. The maximum atomic E-state index is 11.6. The first kappa shape index (κ1) is 13.8. The van der Waals surface area contributed by atoms with E-state index < -0.39 is 0 Å². The van der Waals surface area contributed by atoms with E-state index >= 15 is 0 Å². The van der Waals surface area contributed by atoms with Crippen LogP contribution in [0.15, 0.2) is 17.5 Å². The van der Waals surface area contributed by atoms with Crippen LogP contribution in [-0.4, -0.2) is 48.7 Å². The summed E-state index contributed by atoms with van der Waals surface area (Å²) in [5.74, 6) is 0. The van der Waals surface area contributed by atoms with Gasteiger partial charge in [0.1, 0.15) is 6.04 Å². The summed E-state index contributed by atoms with van der Waals surface area (Å²) in [5, 5.41) is 11.3. The summed E-state index contributed by atoms with van der Waals surface area (Å²) in [4.78, 5) is 16.5. The molecule has 1 atom stereocenters. The number of amides is 1. The molecule has 6 heteroatoms. The zero-order chi connectivity index (χ0) is 13.7. The molecule has 5 nitrogen and oxygen atoms in total. The predicted octanol–water partition coefficient (Wildman–Crippen LogP) is 2.09. The standard InChI is InChI=1S/C13H17N3O2S/c1-2-18-13(17)16-7-5-15(6-8-16)11(10-14)12-4-3-9-19-12/h3-4,9,11H,2,5-8H2,1H3. The topological polar surface area (TPSA) is 56.6 Å². The van der Waals surface area contributed by atoms with Gasteiger partial charge >= 0.3 is 6.09 Å². The van der Waals surface area contributed by atoms with Crippen LogP contribution in [0.4, 0.5) is 4.79 Å². The molecular weight excluding hydrogens is 262 g/mol. The second-order valence-corrected chi connectivity index (χ2v) is 5.25. The fourth-order valence-electron chi connectivity index (χ4n) is 2.15. The average Bonchev–Trinajstić information content (AvgIpc) is 2.95. The van der Waals surface area contributed by atoms with Gasteiger partial charge in [0, 0.05) is 31.1 Å². The van der Waals surface area contributed by atoms with E-state index in [0.29, 0.717) is 32.8 Å². The van der Waals surface area contributed by atoms with Gasteiger partial charge in [0.15, 0.2) is 0 Å². The summed E-state index contributed by atoms with van der Waals surface area (Å²) in [5.41, 5.74) is 0. The average molecular weight is 279 g/mol. The number of thiophene rings is 1. The molecule has 1 unspecified atom stereocenters. The number of nitriles is 1. The Labute approximate surface area is 117 Å². The Kier molecular flexibility index (Phi) is 4.77. The molecule has 102 valence electrons. The lowest BCUT2D eigenvalue weighted by Crippen LogP contribution is -2.49. The highest BCUT2D eigenvalue weighted by Gasteiger charge is 2.27. The Morgan fingerprint density at radius 2 is 2.26 bits per heavy atom. The van der Waals surface area contributed by atoms with Crippen molar-refractivity contribution in [1.82, 2.24) is 9.80 Å². The van der Waals surface area contributed by atoms with Crippen molar-refractivity contribution in [3.63, 3.8) is 0 Å². The van der Waals surface area contributed by atoms with Crippen LogP contribution in [0, 0.1) is 11.3 Å². The fourth-order valence-corrected chi connectivity index (χ4v) is 2.95. The van der Waals surface area contributed by atoms with Gasteiger partial charge in [0.05, 0.1) is 12.7 Å². The number of carbonyl (C=O) groups is 1. The molecule has 0 saturated carbocycles. The van der Waals surface area contributed by atoms with E-state index in [1.807, 2.05) is 17.5 Å². The first-order valence-corrected chi connectivity index (χ1v) is 7.23. The second kappa shape index (κ2) is 6.55. The Balaban J connectivity index is 1.92. The minimum atomic E-state index is -0.258. The maximum absolute atomic E-state index is 11.6. The van der Waals surface area contributed by atoms with Gasteiger partial charge in [-0.25, -0.2) is 4.79 Å². The van der Waals surface area contributed by atoms with Crippen molar-refractivity contribution >= 4 is 17.4 Å². The van der Waals surface area contributed by atoms with Gasteiger partial charge in [0.25, 0.3) is 0 Å². The molecule has 2 heterocycles. The van der Waals surface area contributed by atoms with Crippen molar-refractivity contribution in [2.24, 2.45) is 0 Å². The highest BCUT2D eigenvalue weighted by Crippen LogP contribution is 2.25. The molecule has 0 spiro atoms. The van der Waals surface area contributed by atoms with E-state index in [4.69, 9.17) is 4.74 Å². The van der Waals surface area contributed by atoms with Crippen molar-refractivity contribution in [2.45, 2.75) is 13.0 Å². The molecular formula is C13H17N3O2S. The van der Waals surface area contributed by atoms with Gasteiger partial charge in [-0.2, -0.15) is 5.26 Å². The molecule has 0 aromatic carbocycles. The minimum absolute atomic E-state index is 0.204. The van der Waals surface area contributed by atoms with E-state index in [9.17, 15) is 10.1 Å². The van der Waals surface area contributed by atoms with Crippen molar-refractivity contribution in [3.05, 3.63) is 22.4 Å². The summed E-state index contributed by atoms with van der Waals surface area (Å²) < 4.78 is 4.98. The number of carbonyl (C=O) groups excluding carboxylic acids is 1. The lowest BCUT2D eigenvalue weighted by atomic mass is 10.2. The molecule has 1 amide bonds. The smallest absolute Gasteiger partial charge is 0.409 e. The second-order valence-electron chi connectivity index (χ2n) is 4.27. The van der Waals surface area contributed by atoms with Gasteiger partial charge < -0.3 is 9.64 Å². The van der Waals surface area contributed by atoms with Crippen LogP contribution in [-0.2, 0) is 4.74 Å². The molecule has 1 aromatic rings. The summed E-state index contributed by atoms with van der Waals surface area (Å²) >= 11 is 1.60. The Morgan fingerprint density at radius 3 is 2.79 bits per heavy atom.